The summed E-state index contributed by atoms with van der Waals surface area (Å²) in [5.41, 5.74) is 5.17. The average Bonchev–Trinajstić information content (AvgIpc) is 2.18. The SMILES string of the molecule is C=CCS(=O)(=O)N1CCCC(C(N)=O)C1. The quantitative estimate of drug-likeness (QED) is 0.676. The number of sulfonamides is 1. The minimum absolute atomic E-state index is 0.0848. The maximum atomic E-state index is 11.7. The van der Waals surface area contributed by atoms with Gasteiger partial charge >= 0.3 is 0 Å². The van der Waals surface area contributed by atoms with Crippen LogP contribution in [-0.4, -0.2) is 37.5 Å². The molecular formula is C9H16N2O3S. The van der Waals surface area contributed by atoms with Gasteiger partial charge in [0, 0.05) is 13.1 Å². The monoisotopic (exact) mass is 232 g/mol. The lowest BCUT2D eigenvalue weighted by atomic mass is 9.99. The molecule has 0 aromatic rings. The Balaban J connectivity index is 2.71. The molecule has 1 amide bonds. The predicted molar refractivity (Wildman–Crippen MR) is 57.5 cm³/mol. The number of piperidine rings is 1. The minimum Gasteiger partial charge on any atom is -0.369 e. The summed E-state index contributed by atoms with van der Waals surface area (Å²) < 4.78 is 24.6. The van der Waals surface area contributed by atoms with Gasteiger partial charge in [-0.25, -0.2) is 12.7 Å². The molecule has 0 radical (unpaired) electrons. The molecule has 0 saturated carbocycles. The first-order valence-electron chi connectivity index (χ1n) is 4.85. The Morgan fingerprint density at radius 2 is 2.27 bits per heavy atom. The zero-order valence-electron chi connectivity index (χ0n) is 8.55. The summed E-state index contributed by atoms with van der Waals surface area (Å²) in [6, 6.07) is 0. The van der Waals surface area contributed by atoms with Crippen molar-refractivity contribution in [3.63, 3.8) is 0 Å². The van der Waals surface area contributed by atoms with Crippen molar-refractivity contribution in [3.05, 3.63) is 12.7 Å². The molecule has 5 nitrogen and oxygen atoms in total. The fourth-order valence-corrected chi connectivity index (χ4v) is 3.00. The van der Waals surface area contributed by atoms with Gasteiger partial charge in [0.1, 0.15) is 0 Å². The van der Waals surface area contributed by atoms with Crippen LogP contribution >= 0.6 is 0 Å². The standard InChI is InChI=1S/C9H16N2O3S/c1-2-6-15(13,14)11-5-3-4-8(7-11)9(10)12/h2,8H,1,3-7H2,(H2,10,12). The van der Waals surface area contributed by atoms with E-state index in [-0.39, 0.29) is 18.2 Å². The number of hydrogen-bond acceptors (Lipinski definition) is 3. The molecule has 1 aliphatic heterocycles. The molecule has 0 bridgehead atoms. The number of primary amides is 1. The van der Waals surface area contributed by atoms with E-state index < -0.39 is 15.9 Å². The normalized spacial score (nSPS) is 23.6. The van der Waals surface area contributed by atoms with E-state index in [0.717, 1.165) is 0 Å². The molecule has 0 spiro atoms. The lowest BCUT2D eigenvalue weighted by Gasteiger charge is -2.29. The average molecular weight is 232 g/mol. The van der Waals surface area contributed by atoms with E-state index in [2.05, 4.69) is 6.58 Å². The fraction of sp³-hybridized carbons (Fsp3) is 0.667. The molecule has 0 aliphatic carbocycles. The third-order valence-corrected chi connectivity index (χ3v) is 4.28. The van der Waals surface area contributed by atoms with Gasteiger partial charge in [0.2, 0.25) is 15.9 Å². The lowest BCUT2D eigenvalue weighted by Crippen LogP contribution is -2.44. The summed E-state index contributed by atoms with van der Waals surface area (Å²) >= 11 is 0. The third-order valence-electron chi connectivity index (χ3n) is 2.51. The number of hydrogen-bond donors (Lipinski definition) is 1. The Labute approximate surface area is 90.0 Å². The van der Waals surface area contributed by atoms with Gasteiger partial charge in [0.05, 0.1) is 11.7 Å². The first-order chi connectivity index (χ1) is 6.97. The number of nitrogens with two attached hydrogens (primary N) is 1. The van der Waals surface area contributed by atoms with Crippen LogP contribution in [0, 0.1) is 5.92 Å². The van der Waals surface area contributed by atoms with Gasteiger partial charge in [0.15, 0.2) is 0 Å². The molecule has 0 aromatic carbocycles. The molecule has 1 heterocycles. The second kappa shape index (κ2) is 4.76. The van der Waals surface area contributed by atoms with Crippen LogP contribution in [0.4, 0.5) is 0 Å². The topological polar surface area (TPSA) is 80.5 Å². The van der Waals surface area contributed by atoms with Crippen molar-refractivity contribution in [2.45, 2.75) is 12.8 Å². The van der Waals surface area contributed by atoms with Crippen LogP contribution in [0.15, 0.2) is 12.7 Å². The zero-order chi connectivity index (χ0) is 11.5. The lowest BCUT2D eigenvalue weighted by molar-refractivity contribution is -0.122. The van der Waals surface area contributed by atoms with Crippen LogP contribution in [0.25, 0.3) is 0 Å². The van der Waals surface area contributed by atoms with Gasteiger partial charge < -0.3 is 5.73 Å². The van der Waals surface area contributed by atoms with Crippen molar-refractivity contribution in [2.24, 2.45) is 11.7 Å². The smallest absolute Gasteiger partial charge is 0.221 e. The van der Waals surface area contributed by atoms with Crippen molar-refractivity contribution < 1.29 is 13.2 Å². The van der Waals surface area contributed by atoms with E-state index >= 15 is 0 Å². The molecule has 1 atom stereocenters. The Bertz CT molecular complexity index is 350. The summed E-state index contributed by atoms with van der Waals surface area (Å²) in [7, 11) is -3.29. The van der Waals surface area contributed by atoms with Crippen LogP contribution in [0.3, 0.4) is 0 Å². The Kier molecular flexibility index (Phi) is 3.87. The first-order valence-corrected chi connectivity index (χ1v) is 6.46. The van der Waals surface area contributed by atoms with Gasteiger partial charge in [-0.2, -0.15) is 0 Å². The Morgan fingerprint density at radius 1 is 1.60 bits per heavy atom. The second-order valence-corrected chi connectivity index (χ2v) is 5.68. The van der Waals surface area contributed by atoms with Crippen molar-refractivity contribution >= 4 is 15.9 Å². The fourth-order valence-electron chi connectivity index (χ4n) is 1.68. The molecule has 1 saturated heterocycles. The molecule has 1 fully saturated rings. The highest BCUT2D eigenvalue weighted by atomic mass is 32.2. The molecule has 2 N–H and O–H groups in total. The van der Waals surface area contributed by atoms with E-state index in [1.807, 2.05) is 0 Å². The van der Waals surface area contributed by atoms with Crippen LogP contribution < -0.4 is 5.73 Å². The van der Waals surface area contributed by atoms with E-state index in [0.29, 0.717) is 19.4 Å². The van der Waals surface area contributed by atoms with Crippen LogP contribution in [0.2, 0.25) is 0 Å². The van der Waals surface area contributed by atoms with Gasteiger partial charge in [-0.15, -0.1) is 6.58 Å². The maximum Gasteiger partial charge on any atom is 0.221 e. The molecule has 1 unspecified atom stereocenters. The van der Waals surface area contributed by atoms with E-state index in [1.54, 1.807) is 0 Å². The minimum atomic E-state index is -3.29. The summed E-state index contributed by atoms with van der Waals surface area (Å²) in [4.78, 5) is 11.0. The Hall–Kier alpha value is -0.880. The first kappa shape index (κ1) is 12.2. The summed E-state index contributed by atoms with van der Waals surface area (Å²) in [6.45, 7) is 4.08. The molecule has 1 aliphatic rings. The number of nitrogens with zero attached hydrogens (tertiary/aromatic N) is 1. The molecular weight excluding hydrogens is 216 g/mol. The van der Waals surface area contributed by atoms with Crippen LogP contribution in [-0.2, 0) is 14.8 Å². The highest BCUT2D eigenvalue weighted by Gasteiger charge is 2.30. The number of rotatable bonds is 4. The summed E-state index contributed by atoms with van der Waals surface area (Å²) in [6.07, 6.45) is 2.71. The number of carbonyl (C=O) groups is 1. The number of amides is 1. The van der Waals surface area contributed by atoms with Crippen molar-refractivity contribution in [3.8, 4) is 0 Å². The highest BCUT2D eigenvalue weighted by molar-refractivity contribution is 7.89. The largest absolute Gasteiger partial charge is 0.369 e. The van der Waals surface area contributed by atoms with Gasteiger partial charge in [-0.1, -0.05) is 6.08 Å². The van der Waals surface area contributed by atoms with E-state index in [9.17, 15) is 13.2 Å². The maximum absolute atomic E-state index is 11.7. The molecule has 86 valence electrons. The van der Waals surface area contributed by atoms with Crippen molar-refractivity contribution in [2.75, 3.05) is 18.8 Å². The van der Waals surface area contributed by atoms with Gasteiger partial charge in [-0.3, -0.25) is 4.79 Å². The van der Waals surface area contributed by atoms with E-state index in [1.165, 1.54) is 10.4 Å². The number of carbonyl (C=O) groups excluding carboxylic acids is 1. The zero-order valence-corrected chi connectivity index (χ0v) is 9.37. The summed E-state index contributed by atoms with van der Waals surface area (Å²) in [5.74, 6) is -0.856. The van der Waals surface area contributed by atoms with Gasteiger partial charge in [-0.05, 0) is 12.8 Å². The summed E-state index contributed by atoms with van der Waals surface area (Å²) in [5, 5.41) is 0. The Morgan fingerprint density at radius 3 is 2.80 bits per heavy atom. The second-order valence-electron chi connectivity index (χ2n) is 3.67. The van der Waals surface area contributed by atoms with Crippen LogP contribution in [0.5, 0.6) is 0 Å². The van der Waals surface area contributed by atoms with E-state index in [4.69, 9.17) is 5.73 Å². The molecule has 1 rings (SSSR count). The van der Waals surface area contributed by atoms with Crippen LogP contribution in [0.1, 0.15) is 12.8 Å². The molecule has 6 heteroatoms. The van der Waals surface area contributed by atoms with Crippen molar-refractivity contribution in [1.29, 1.82) is 0 Å². The third kappa shape index (κ3) is 3.04. The predicted octanol–water partition coefficient (Wildman–Crippen LogP) is -0.300. The molecule has 15 heavy (non-hydrogen) atoms. The van der Waals surface area contributed by atoms with Crippen molar-refractivity contribution in [1.82, 2.24) is 4.31 Å². The van der Waals surface area contributed by atoms with Gasteiger partial charge in [0.25, 0.3) is 0 Å². The highest BCUT2D eigenvalue weighted by Crippen LogP contribution is 2.19. The molecule has 0 aromatic heterocycles.